The number of halogens is 1. The Morgan fingerprint density at radius 3 is 2.65 bits per heavy atom. The highest BCUT2D eigenvalue weighted by Gasteiger charge is 1.99. The summed E-state index contributed by atoms with van der Waals surface area (Å²) in [5.41, 5.74) is 0. The van der Waals surface area contributed by atoms with Gasteiger partial charge in [0.15, 0.2) is 0 Å². The van der Waals surface area contributed by atoms with Crippen LogP contribution in [0.25, 0.3) is 0 Å². The molecule has 1 aromatic carbocycles. The molecule has 0 heterocycles. The summed E-state index contributed by atoms with van der Waals surface area (Å²) >= 11 is 7.65. The third-order valence-corrected chi connectivity index (χ3v) is 3.74. The van der Waals surface area contributed by atoms with Crippen LogP contribution in [0.3, 0.4) is 0 Å². The predicted molar refractivity (Wildman–Crippen MR) is 76.8 cm³/mol. The Bertz CT molecular complexity index is 335. The van der Waals surface area contributed by atoms with Crippen LogP contribution >= 0.6 is 23.4 Å². The van der Waals surface area contributed by atoms with E-state index in [0.29, 0.717) is 0 Å². The Balaban J connectivity index is 2.10. The first-order valence-electron chi connectivity index (χ1n) is 5.91. The van der Waals surface area contributed by atoms with Crippen LogP contribution in [0.4, 0.5) is 0 Å². The molecule has 1 atom stereocenters. The van der Waals surface area contributed by atoms with Gasteiger partial charge in [-0.2, -0.15) is 0 Å². The number of allylic oxidation sites excluding steroid dienone is 1. The average molecular weight is 271 g/mol. The summed E-state index contributed by atoms with van der Waals surface area (Å²) in [4.78, 5) is 1.25. The van der Waals surface area contributed by atoms with Gasteiger partial charge in [-0.25, -0.2) is 0 Å². The molecule has 1 aromatic rings. The van der Waals surface area contributed by atoms with E-state index in [0.717, 1.165) is 30.0 Å². The monoisotopic (exact) mass is 270 g/mol. The minimum atomic E-state index is -0.277. The Morgan fingerprint density at radius 2 is 2.00 bits per heavy atom. The summed E-state index contributed by atoms with van der Waals surface area (Å²) in [5.74, 6) is 1.09. The van der Waals surface area contributed by atoms with Crippen molar-refractivity contribution in [2.75, 3.05) is 5.75 Å². The van der Waals surface area contributed by atoms with Crippen molar-refractivity contribution in [2.24, 2.45) is 0 Å². The fourth-order valence-corrected chi connectivity index (χ4v) is 2.53. The van der Waals surface area contributed by atoms with Gasteiger partial charge in [-0.05, 0) is 56.2 Å². The van der Waals surface area contributed by atoms with E-state index in [1.807, 2.05) is 55.1 Å². The second-order valence-electron chi connectivity index (χ2n) is 3.89. The van der Waals surface area contributed by atoms with Gasteiger partial charge in [0.25, 0.3) is 0 Å². The number of aliphatic hydroxyl groups is 1. The first kappa shape index (κ1) is 14.6. The Hall–Kier alpha value is -0.440. The zero-order chi connectivity index (χ0) is 12.5. The molecule has 0 radical (unpaired) electrons. The first-order valence-corrected chi connectivity index (χ1v) is 7.28. The molecule has 1 nitrogen and oxygen atoms in total. The number of aliphatic hydroxyl groups excluding tert-OH is 1. The van der Waals surface area contributed by atoms with Crippen LogP contribution in [0, 0.1) is 0 Å². The van der Waals surface area contributed by atoms with Gasteiger partial charge in [-0.3, -0.25) is 0 Å². The fraction of sp³-hybridized carbons (Fsp3) is 0.429. The maximum atomic E-state index is 9.49. The molecule has 3 heteroatoms. The summed E-state index contributed by atoms with van der Waals surface area (Å²) in [5, 5.41) is 10.3. The Labute approximate surface area is 113 Å². The van der Waals surface area contributed by atoms with Gasteiger partial charge in [-0.1, -0.05) is 23.8 Å². The van der Waals surface area contributed by atoms with E-state index >= 15 is 0 Å². The standard InChI is InChI=1S/C14H19ClOS/c1-2-5-13(16)6-3-4-11-17-14-9-7-12(15)8-10-14/h2,5,7-10,13,16H,3-4,6,11H2,1H3/b5-2+/t13-/m1/s1. The van der Waals surface area contributed by atoms with Crippen molar-refractivity contribution in [1.82, 2.24) is 0 Å². The number of hydrogen-bond donors (Lipinski definition) is 1. The first-order chi connectivity index (χ1) is 8.22. The molecule has 94 valence electrons. The molecule has 0 saturated heterocycles. The Morgan fingerprint density at radius 1 is 1.29 bits per heavy atom. The van der Waals surface area contributed by atoms with E-state index in [2.05, 4.69) is 0 Å². The minimum Gasteiger partial charge on any atom is -0.389 e. The Kier molecular flexibility index (Phi) is 7.41. The molecule has 0 aliphatic rings. The largest absolute Gasteiger partial charge is 0.389 e. The van der Waals surface area contributed by atoms with Gasteiger partial charge in [0.05, 0.1) is 6.10 Å². The number of benzene rings is 1. The van der Waals surface area contributed by atoms with Crippen LogP contribution in [0.2, 0.25) is 5.02 Å². The van der Waals surface area contributed by atoms with Crippen molar-refractivity contribution >= 4 is 23.4 Å². The van der Waals surface area contributed by atoms with E-state index in [-0.39, 0.29) is 6.10 Å². The smallest absolute Gasteiger partial charge is 0.0720 e. The van der Waals surface area contributed by atoms with Crippen molar-refractivity contribution in [1.29, 1.82) is 0 Å². The molecular formula is C14H19ClOS. The van der Waals surface area contributed by atoms with Crippen LogP contribution in [0.15, 0.2) is 41.3 Å². The molecule has 0 fully saturated rings. The zero-order valence-corrected chi connectivity index (χ0v) is 11.7. The van der Waals surface area contributed by atoms with E-state index in [4.69, 9.17) is 11.6 Å². The SMILES string of the molecule is C/C=C/[C@@H](O)CCCCSc1ccc(Cl)cc1. The fourth-order valence-electron chi connectivity index (χ4n) is 1.49. The van der Waals surface area contributed by atoms with E-state index in [1.165, 1.54) is 4.90 Å². The molecule has 0 aliphatic carbocycles. The van der Waals surface area contributed by atoms with Crippen LogP contribution in [-0.2, 0) is 0 Å². The summed E-state index contributed by atoms with van der Waals surface area (Å²) in [6.45, 7) is 1.93. The van der Waals surface area contributed by atoms with Crippen molar-refractivity contribution in [2.45, 2.75) is 37.2 Å². The predicted octanol–water partition coefficient (Wildman–Crippen LogP) is 4.54. The molecule has 0 aliphatic heterocycles. The normalized spacial score (nSPS) is 13.1. The van der Waals surface area contributed by atoms with Crippen molar-refractivity contribution < 1.29 is 5.11 Å². The molecule has 0 saturated carbocycles. The zero-order valence-electron chi connectivity index (χ0n) is 10.1. The van der Waals surface area contributed by atoms with Crippen LogP contribution in [0.1, 0.15) is 26.2 Å². The van der Waals surface area contributed by atoms with Gasteiger partial charge in [0.1, 0.15) is 0 Å². The lowest BCUT2D eigenvalue weighted by Gasteiger charge is -2.05. The number of thioether (sulfide) groups is 1. The second kappa shape index (κ2) is 8.62. The van der Waals surface area contributed by atoms with Crippen molar-refractivity contribution in [3.05, 3.63) is 41.4 Å². The summed E-state index contributed by atoms with van der Waals surface area (Å²) in [6, 6.07) is 7.92. The molecule has 17 heavy (non-hydrogen) atoms. The van der Waals surface area contributed by atoms with Gasteiger partial charge >= 0.3 is 0 Å². The van der Waals surface area contributed by atoms with Gasteiger partial charge < -0.3 is 5.11 Å². The van der Waals surface area contributed by atoms with E-state index < -0.39 is 0 Å². The molecule has 1 rings (SSSR count). The highest BCUT2D eigenvalue weighted by molar-refractivity contribution is 7.99. The van der Waals surface area contributed by atoms with E-state index in [1.54, 1.807) is 0 Å². The van der Waals surface area contributed by atoms with E-state index in [9.17, 15) is 5.11 Å². The maximum Gasteiger partial charge on any atom is 0.0720 e. The third-order valence-electron chi connectivity index (χ3n) is 2.39. The summed E-state index contributed by atoms with van der Waals surface area (Å²) in [7, 11) is 0. The lowest BCUT2D eigenvalue weighted by atomic mass is 10.1. The lowest BCUT2D eigenvalue weighted by molar-refractivity contribution is 0.209. The molecular weight excluding hydrogens is 252 g/mol. The maximum absolute atomic E-state index is 9.49. The third kappa shape index (κ3) is 6.77. The molecule has 0 unspecified atom stereocenters. The molecule has 0 amide bonds. The average Bonchev–Trinajstić information content (AvgIpc) is 2.31. The minimum absolute atomic E-state index is 0.277. The van der Waals surface area contributed by atoms with Gasteiger partial charge in [0, 0.05) is 9.92 Å². The number of unbranched alkanes of at least 4 members (excludes halogenated alkanes) is 1. The van der Waals surface area contributed by atoms with Crippen molar-refractivity contribution in [3.8, 4) is 0 Å². The summed E-state index contributed by atoms with van der Waals surface area (Å²) in [6.07, 6.45) is 6.50. The topological polar surface area (TPSA) is 20.2 Å². The van der Waals surface area contributed by atoms with Gasteiger partial charge in [0.2, 0.25) is 0 Å². The highest BCUT2D eigenvalue weighted by Crippen LogP contribution is 2.21. The second-order valence-corrected chi connectivity index (χ2v) is 5.50. The molecule has 1 N–H and O–H groups in total. The van der Waals surface area contributed by atoms with Gasteiger partial charge in [-0.15, -0.1) is 11.8 Å². The van der Waals surface area contributed by atoms with Crippen LogP contribution < -0.4 is 0 Å². The summed E-state index contributed by atoms with van der Waals surface area (Å²) < 4.78 is 0. The molecule has 0 spiro atoms. The molecule has 0 aromatic heterocycles. The van der Waals surface area contributed by atoms with Crippen molar-refractivity contribution in [3.63, 3.8) is 0 Å². The number of rotatable bonds is 7. The van der Waals surface area contributed by atoms with Crippen LogP contribution in [0.5, 0.6) is 0 Å². The number of hydrogen-bond acceptors (Lipinski definition) is 2. The highest BCUT2D eigenvalue weighted by atomic mass is 35.5. The van der Waals surface area contributed by atoms with Crippen LogP contribution in [-0.4, -0.2) is 17.0 Å². The molecule has 0 bridgehead atoms. The lowest BCUT2D eigenvalue weighted by Crippen LogP contribution is -2.01. The quantitative estimate of drug-likeness (QED) is 0.446.